The molecule has 3 rings (SSSR count). The lowest BCUT2D eigenvalue weighted by Gasteiger charge is -2.01. The van der Waals surface area contributed by atoms with Crippen LogP contribution in [0.25, 0.3) is 0 Å². The third kappa shape index (κ3) is 4.45. The quantitative estimate of drug-likeness (QED) is 0.695. The average Bonchev–Trinajstić information content (AvgIpc) is 3.07. The van der Waals surface area contributed by atoms with Gasteiger partial charge in [0.05, 0.1) is 6.54 Å². The van der Waals surface area contributed by atoms with Gasteiger partial charge >= 0.3 is 0 Å². The number of hydrogen-bond donors (Lipinski definition) is 1. The molecule has 0 aliphatic rings. The molecule has 1 N–H and O–H groups in total. The van der Waals surface area contributed by atoms with Crippen molar-refractivity contribution in [3.05, 3.63) is 77.2 Å². The number of carbonyl (C=O) groups is 1. The highest BCUT2D eigenvalue weighted by Gasteiger charge is 2.10. The largest absolute Gasteiger partial charge is 0.414 e. The van der Waals surface area contributed by atoms with Gasteiger partial charge in [0, 0.05) is 11.3 Å². The van der Waals surface area contributed by atoms with Crippen molar-refractivity contribution >= 4 is 17.7 Å². The van der Waals surface area contributed by atoms with Crippen molar-refractivity contribution in [1.82, 2.24) is 15.5 Å². The van der Waals surface area contributed by atoms with Crippen LogP contribution in [0.15, 0.2) is 64.2 Å². The molecule has 3 aromatic rings. The van der Waals surface area contributed by atoms with E-state index in [1.807, 2.05) is 24.3 Å². The van der Waals surface area contributed by atoms with Gasteiger partial charge in [-0.25, -0.2) is 0 Å². The molecule has 1 amide bonds. The third-order valence-corrected chi connectivity index (χ3v) is 4.22. The molecule has 0 radical (unpaired) electrons. The minimum absolute atomic E-state index is 0.164. The van der Waals surface area contributed by atoms with Crippen LogP contribution in [0.1, 0.15) is 27.4 Å². The molecule has 2 aromatic carbocycles. The summed E-state index contributed by atoms with van der Waals surface area (Å²) in [6.07, 6.45) is 0. The lowest BCUT2D eigenvalue weighted by molar-refractivity contribution is 0.0946. The fourth-order valence-electron chi connectivity index (χ4n) is 2.16. The third-order valence-electron chi connectivity index (χ3n) is 3.33. The van der Waals surface area contributed by atoms with E-state index in [0.29, 0.717) is 16.7 Å². The topological polar surface area (TPSA) is 68.0 Å². The zero-order chi connectivity index (χ0) is 16.8. The summed E-state index contributed by atoms with van der Waals surface area (Å²) in [4.78, 5) is 12.0. The van der Waals surface area contributed by atoms with Crippen LogP contribution in [0.5, 0.6) is 0 Å². The second kappa shape index (κ2) is 7.79. The number of aromatic nitrogens is 2. The summed E-state index contributed by atoms with van der Waals surface area (Å²) in [7, 11) is 0. The molecule has 0 atom stereocenters. The Kier molecular flexibility index (Phi) is 5.28. The number of hydrogen-bond acceptors (Lipinski definition) is 5. The summed E-state index contributed by atoms with van der Waals surface area (Å²) >= 11 is 1.48. The van der Waals surface area contributed by atoms with Crippen LogP contribution in [-0.2, 0) is 12.3 Å². The molecule has 0 fully saturated rings. The highest BCUT2D eigenvalue weighted by atomic mass is 32.2. The van der Waals surface area contributed by atoms with E-state index in [0.717, 1.165) is 5.75 Å². The van der Waals surface area contributed by atoms with E-state index < -0.39 is 0 Å². The Morgan fingerprint density at radius 2 is 1.96 bits per heavy atom. The van der Waals surface area contributed by atoms with E-state index in [9.17, 15) is 4.79 Å². The molecular weight excluding hydrogens is 322 g/mol. The van der Waals surface area contributed by atoms with E-state index in [1.165, 1.54) is 22.9 Å². The highest BCUT2D eigenvalue weighted by molar-refractivity contribution is 7.98. The Labute approximate surface area is 144 Å². The molecule has 5 nitrogen and oxygen atoms in total. The molecule has 1 heterocycles. The molecule has 122 valence electrons. The summed E-state index contributed by atoms with van der Waals surface area (Å²) in [6.45, 7) is 2.28. The van der Waals surface area contributed by atoms with Gasteiger partial charge < -0.3 is 9.73 Å². The number of nitrogens with zero attached hydrogens (tertiary/aromatic N) is 2. The molecule has 0 aliphatic carbocycles. The summed E-state index contributed by atoms with van der Waals surface area (Å²) in [6, 6.07) is 17.3. The van der Waals surface area contributed by atoms with Crippen LogP contribution in [0, 0.1) is 6.92 Å². The molecule has 0 saturated heterocycles. The van der Waals surface area contributed by atoms with E-state index in [4.69, 9.17) is 4.42 Å². The molecule has 0 bridgehead atoms. The Bertz CT molecular complexity index is 818. The predicted octanol–water partition coefficient (Wildman–Crippen LogP) is 3.60. The maximum absolute atomic E-state index is 12.0. The first-order chi connectivity index (χ1) is 11.7. The maximum Gasteiger partial charge on any atom is 0.276 e. The molecule has 1 aromatic heterocycles. The van der Waals surface area contributed by atoms with Crippen molar-refractivity contribution in [2.24, 2.45) is 0 Å². The molecule has 6 heteroatoms. The lowest BCUT2D eigenvalue weighted by atomic mass is 10.2. The standard InChI is InChI=1S/C18H17N3O2S/c1-13-6-5-7-14(10-13)12-24-18-21-20-16(23-18)11-19-17(22)15-8-3-2-4-9-15/h2-10H,11-12H2,1H3,(H,19,22). The van der Waals surface area contributed by atoms with Gasteiger partial charge in [-0.3, -0.25) is 4.79 Å². The first-order valence-corrected chi connectivity index (χ1v) is 8.53. The molecule has 0 unspecified atom stereocenters. The van der Waals surface area contributed by atoms with Crippen LogP contribution in [0.4, 0.5) is 0 Å². The molecular formula is C18H17N3O2S. The Morgan fingerprint density at radius 1 is 1.12 bits per heavy atom. The summed E-state index contributed by atoms with van der Waals surface area (Å²) < 4.78 is 5.55. The second-order valence-electron chi connectivity index (χ2n) is 5.29. The van der Waals surface area contributed by atoms with E-state index >= 15 is 0 Å². The summed E-state index contributed by atoms with van der Waals surface area (Å²) in [5, 5.41) is 11.2. The predicted molar refractivity (Wildman–Crippen MR) is 92.7 cm³/mol. The fourth-order valence-corrected chi connectivity index (χ4v) is 2.89. The number of nitrogens with one attached hydrogen (secondary N) is 1. The number of benzene rings is 2. The van der Waals surface area contributed by atoms with Gasteiger partial charge in [-0.15, -0.1) is 10.2 Å². The van der Waals surface area contributed by atoms with E-state index in [-0.39, 0.29) is 12.5 Å². The molecule has 0 saturated carbocycles. The van der Waals surface area contributed by atoms with Crippen LogP contribution in [0.2, 0.25) is 0 Å². The first kappa shape index (κ1) is 16.3. The summed E-state index contributed by atoms with van der Waals surface area (Å²) in [5.74, 6) is 0.994. The monoisotopic (exact) mass is 339 g/mol. The number of carbonyl (C=O) groups excluding carboxylic acids is 1. The van der Waals surface area contributed by atoms with Gasteiger partial charge in [0.1, 0.15) is 0 Å². The van der Waals surface area contributed by atoms with Gasteiger partial charge in [-0.05, 0) is 24.6 Å². The zero-order valence-electron chi connectivity index (χ0n) is 13.2. The van der Waals surface area contributed by atoms with Crippen molar-refractivity contribution in [1.29, 1.82) is 0 Å². The first-order valence-electron chi connectivity index (χ1n) is 7.55. The van der Waals surface area contributed by atoms with Crippen molar-refractivity contribution < 1.29 is 9.21 Å². The van der Waals surface area contributed by atoms with Crippen molar-refractivity contribution in [3.63, 3.8) is 0 Å². The van der Waals surface area contributed by atoms with Crippen LogP contribution >= 0.6 is 11.8 Å². The number of amides is 1. The smallest absolute Gasteiger partial charge is 0.276 e. The number of rotatable bonds is 6. The van der Waals surface area contributed by atoms with E-state index in [2.05, 4.69) is 40.6 Å². The lowest BCUT2D eigenvalue weighted by Crippen LogP contribution is -2.22. The summed E-state index contributed by atoms with van der Waals surface area (Å²) in [5.41, 5.74) is 3.03. The van der Waals surface area contributed by atoms with Crippen molar-refractivity contribution in [2.45, 2.75) is 24.4 Å². The van der Waals surface area contributed by atoms with Gasteiger partial charge in [0.15, 0.2) is 0 Å². The highest BCUT2D eigenvalue weighted by Crippen LogP contribution is 2.21. The van der Waals surface area contributed by atoms with Crippen molar-refractivity contribution in [2.75, 3.05) is 0 Å². The second-order valence-corrected chi connectivity index (χ2v) is 6.21. The van der Waals surface area contributed by atoms with Gasteiger partial charge in [-0.2, -0.15) is 0 Å². The Balaban J connectivity index is 1.51. The van der Waals surface area contributed by atoms with Crippen LogP contribution in [-0.4, -0.2) is 16.1 Å². The normalized spacial score (nSPS) is 10.5. The zero-order valence-corrected chi connectivity index (χ0v) is 14.0. The van der Waals surface area contributed by atoms with Gasteiger partial charge in [-0.1, -0.05) is 59.8 Å². The number of aryl methyl sites for hydroxylation is 1. The van der Waals surface area contributed by atoms with Crippen molar-refractivity contribution in [3.8, 4) is 0 Å². The Hall–Kier alpha value is -2.60. The van der Waals surface area contributed by atoms with Gasteiger partial charge in [0.2, 0.25) is 5.89 Å². The maximum atomic E-state index is 12.0. The van der Waals surface area contributed by atoms with Gasteiger partial charge in [0.25, 0.3) is 11.1 Å². The number of thioether (sulfide) groups is 1. The molecule has 24 heavy (non-hydrogen) atoms. The SMILES string of the molecule is Cc1cccc(CSc2nnc(CNC(=O)c3ccccc3)o2)c1. The molecule has 0 spiro atoms. The van der Waals surface area contributed by atoms with E-state index in [1.54, 1.807) is 12.1 Å². The fraction of sp³-hybridized carbons (Fsp3) is 0.167. The Morgan fingerprint density at radius 3 is 2.75 bits per heavy atom. The van der Waals surface area contributed by atoms with Crippen LogP contribution in [0.3, 0.4) is 0 Å². The molecule has 0 aliphatic heterocycles. The van der Waals surface area contributed by atoms with Crippen LogP contribution < -0.4 is 5.32 Å². The minimum Gasteiger partial charge on any atom is -0.414 e. The average molecular weight is 339 g/mol. The minimum atomic E-state index is -0.164.